The van der Waals surface area contributed by atoms with Crippen LogP contribution in [0.1, 0.15) is 26.3 Å². The number of hydrogen-bond donors (Lipinski definition) is 3. The molecule has 150 valence electrons. The number of nitrogens with one attached hydrogen (secondary N) is 3. The second kappa shape index (κ2) is 9.70. The van der Waals surface area contributed by atoms with Crippen molar-refractivity contribution in [3.8, 4) is 0 Å². The van der Waals surface area contributed by atoms with Gasteiger partial charge in [0.05, 0.1) is 13.2 Å². The van der Waals surface area contributed by atoms with E-state index in [-0.39, 0.29) is 24.3 Å². The summed E-state index contributed by atoms with van der Waals surface area (Å²) < 4.78 is 10.8. The monoisotopic (exact) mass is 387 g/mol. The fraction of sp³-hybridized carbons (Fsp3) is 0.350. The molecular formula is C20H25N3O5. The molecular weight excluding hydrogens is 362 g/mol. The molecule has 2 aromatic rings. The summed E-state index contributed by atoms with van der Waals surface area (Å²) in [4.78, 5) is 39.2. The number of alkyl carbamates (subject to hydrolysis) is 1. The van der Waals surface area contributed by atoms with Gasteiger partial charge in [-0.2, -0.15) is 0 Å². The highest BCUT2D eigenvalue weighted by Crippen LogP contribution is 2.08. The molecule has 2 amide bonds. The van der Waals surface area contributed by atoms with Gasteiger partial charge < -0.3 is 25.1 Å². The predicted octanol–water partition coefficient (Wildman–Crippen LogP) is 2.42. The zero-order valence-electron chi connectivity index (χ0n) is 16.2. The maximum Gasteiger partial charge on any atom is 0.408 e. The van der Waals surface area contributed by atoms with Gasteiger partial charge in [-0.05, 0) is 26.3 Å². The Morgan fingerprint density at radius 3 is 2.50 bits per heavy atom. The minimum Gasteiger partial charge on any atom is -0.444 e. The standard InChI is InChI=1S/C20H25N3O5/c1-20(2,3)28-19(26)23-16(13-27-12-14-7-5-4-6-8-14)18(25)22-15-11-21-10-9-17(15)24/h4-11,16H,12-13H2,1-3H3,(H,21,24)(H,22,25)(H,23,26). The third-order valence-corrected chi connectivity index (χ3v) is 3.49. The van der Waals surface area contributed by atoms with Crippen LogP contribution >= 0.6 is 0 Å². The molecule has 0 radical (unpaired) electrons. The van der Waals surface area contributed by atoms with E-state index in [0.717, 1.165) is 5.56 Å². The molecule has 28 heavy (non-hydrogen) atoms. The number of H-pyrrole nitrogens is 1. The molecule has 3 N–H and O–H groups in total. The van der Waals surface area contributed by atoms with Crippen molar-refractivity contribution in [3.63, 3.8) is 0 Å². The van der Waals surface area contributed by atoms with Crippen molar-refractivity contribution >= 4 is 17.7 Å². The number of carbonyl (C=O) groups excluding carboxylic acids is 2. The van der Waals surface area contributed by atoms with E-state index in [9.17, 15) is 14.4 Å². The second-order valence-electron chi connectivity index (χ2n) is 7.11. The van der Waals surface area contributed by atoms with Gasteiger partial charge in [0.2, 0.25) is 11.3 Å². The topological polar surface area (TPSA) is 110 Å². The van der Waals surface area contributed by atoms with E-state index in [1.54, 1.807) is 20.8 Å². The van der Waals surface area contributed by atoms with E-state index in [0.29, 0.717) is 0 Å². The first-order valence-corrected chi connectivity index (χ1v) is 8.84. The largest absolute Gasteiger partial charge is 0.444 e. The van der Waals surface area contributed by atoms with Crippen molar-refractivity contribution in [2.24, 2.45) is 0 Å². The lowest BCUT2D eigenvalue weighted by atomic mass is 10.2. The summed E-state index contributed by atoms with van der Waals surface area (Å²) in [6, 6.07) is 9.67. The van der Waals surface area contributed by atoms with Gasteiger partial charge in [-0.1, -0.05) is 30.3 Å². The smallest absolute Gasteiger partial charge is 0.408 e. The zero-order valence-corrected chi connectivity index (χ0v) is 16.2. The fourth-order valence-corrected chi connectivity index (χ4v) is 2.24. The number of anilines is 1. The van der Waals surface area contributed by atoms with Crippen molar-refractivity contribution in [2.75, 3.05) is 11.9 Å². The molecule has 2 rings (SSSR count). The Balaban J connectivity index is 2.03. The number of amides is 2. The van der Waals surface area contributed by atoms with Crippen LogP contribution < -0.4 is 16.1 Å². The lowest BCUT2D eigenvalue weighted by molar-refractivity contribution is -0.119. The molecule has 0 aliphatic carbocycles. The summed E-state index contributed by atoms with van der Waals surface area (Å²) in [6.45, 7) is 5.34. The molecule has 0 aliphatic rings. The number of ether oxygens (including phenoxy) is 2. The maximum absolute atomic E-state index is 12.6. The van der Waals surface area contributed by atoms with Crippen LogP contribution in [0.3, 0.4) is 0 Å². The minimum atomic E-state index is -1.04. The summed E-state index contributed by atoms with van der Waals surface area (Å²) >= 11 is 0. The summed E-state index contributed by atoms with van der Waals surface area (Å²) in [6.07, 6.45) is 2.07. The average Bonchev–Trinajstić information content (AvgIpc) is 2.62. The molecule has 1 unspecified atom stereocenters. The van der Waals surface area contributed by atoms with Crippen LogP contribution in [0.15, 0.2) is 53.6 Å². The lowest BCUT2D eigenvalue weighted by Gasteiger charge is -2.23. The second-order valence-corrected chi connectivity index (χ2v) is 7.11. The van der Waals surface area contributed by atoms with Gasteiger partial charge in [0, 0.05) is 18.5 Å². The van der Waals surface area contributed by atoms with Crippen molar-refractivity contribution in [3.05, 3.63) is 64.6 Å². The molecule has 0 aliphatic heterocycles. The van der Waals surface area contributed by atoms with Crippen LogP contribution in [0.5, 0.6) is 0 Å². The molecule has 1 aromatic carbocycles. The molecule has 8 heteroatoms. The lowest BCUT2D eigenvalue weighted by Crippen LogP contribution is -2.48. The summed E-state index contributed by atoms with van der Waals surface area (Å²) in [5.41, 5.74) is -0.0645. The summed E-state index contributed by atoms with van der Waals surface area (Å²) in [5, 5.41) is 4.98. The summed E-state index contributed by atoms with van der Waals surface area (Å²) in [5.74, 6) is -0.587. The Hall–Kier alpha value is -3.13. The van der Waals surface area contributed by atoms with Crippen LogP contribution in [-0.4, -0.2) is 35.2 Å². The van der Waals surface area contributed by atoms with Gasteiger partial charge in [0.1, 0.15) is 17.3 Å². The van der Waals surface area contributed by atoms with Crippen molar-refractivity contribution in [1.29, 1.82) is 0 Å². The molecule has 8 nitrogen and oxygen atoms in total. The number of aromatic amines is 1. The average molecular weight is 387 g/mol. The Bertz CT molecular complexity index is 843. The normalized spacial score (nSPS) is 12.1. The number of carbonyl (C=O) groups is 2. The highest BCUT2D eigenvalue weighted by atomic mass is 16.6. The SMILES string of the molecule is CC(C)(C)OC(=O)NC(COCc1ccccc1)C(=O)Nc1c[nH]ccc1=O. The molecule has 1 heterocycles. The maximum atomic E-state index is 12.6. The first kappa shape index (κ1) is 21.2. The molecule has 0 saturated carbocycles. The molecule has 0 bridgehead atoms. The third-order valence-electron chi connectivity index (χ3n) is 3.49. The van der Waals surface area contributed by atoms with Crippen LogP contribution in [0.2, 0.25) is 0 Å². The molecule has 0 spiro atoms. The van der Waals surface area contributed by atoms with Gasteiger partial charge in [0.15, 0.2) is 0 Å². The van der Waals surface area contributed by atoms with E-state index in [4.69, 9.17) is 9.47 Å². The van der Waals surface area contributed by atoms with Gasteiger partial charge in [-0.25, -0.2) is 4.79 Å². The first-order chi connectivity index (χ1) is 13.2. The van der Waals surface area contributed by atoms with E-state index >= 15 is 0 Å². The number of hydrogen-bond acceptors (Lipinski definition) is 5. The highest BCUT2D eigenvalue weighted by Gasteiger charge is 2.25. The molecule has 1 atom stereocenters. The predicted molar refractivity (Wildman–Crippen MR) is 105 cm³/mol. The van der Waals surface area contributed by atoms with Gasteiger partial charge in [-0.15, -0.1) is 0 Å². The Morgan fingerprint density at radius 2 is 1.86 bits per heavy atom. The Morgan fingerprint density at radius 1 is 1.14 bits per heavy atom. The van der Waals surface area contributed by atoms with Crippen LogP contribution in [0.4, 0.5) is 10.5 Å². The van der Waals surface area contributed by atoms with E-state index in [1.807, 2.05) is 30.3 Å². The van der Waals surface area contributed by atoms with E-state index in [1.165, 1.54) is 18.5 Å². The Kier molecular flexibility index (Phi) is 7.34. The van der Waals surface area contributed by atoms with Crippen molar-refractivity contribution in [1.82, 2.24) is 10.3 Å². The molecule has 0 fully saturated rings. The van der Waals surface area contributed by atoms with Crippen molar-refractivity contribution in [2.45, 2.75) is 39.0 Å². The highest BCUT2D eigenvalue weighted by molar-refractivity contribution is 5.96. The molecule has 1 aromatic heterocycles. The zero-order chi connectivity index (χ0) is 20.6. The van der Waals surface area contributed by atoms with Crippen molar-refractivity contribution < 1.29 is 19.1 Å². The number of rotatable bonds is 7. The first-order valence-electron chi connectivity index (χ1n) is 8.84. The van der Waals surface area contributed by atoms with Gasteiger partial charge in [-0.3, -0.25) is 9.59 Å². The third kappa shape index (κ3) is 7.24. The Labute approximate surface area is 163 Å². The van der Waals surface area contributed by atoms with Gasteiger partial charge >= 0.3 is 6.09 Å². The number of pyridine rings is 1. The molecule has 0 saturated heterocycles. The minimum absolute atomic E-state index is 0.0755. The van der Waals surface area contributed by atoms with E-state index < -0.39 is 23.6 Å². The van der Waals surface area contributed by atoms with Crippen LogP contribution in [0.25, 0.3) is 0 Å². The number of benzene rings is 1. The quantitative estimate of drug-likeness (QED) is 0.676. The van der Waals surface area contributed by atoms with Gasteiger partial charge in [0.25, 0.3) is 0 Å². The number of aromatic nitrogens is 1. The van der Waals surface area contributed by atoms with E-state index in [2.05, 4.69) is 15.6 Å². The van der Waals surface area contributed by atoms with Crippen LogP contribution in [-0.2, 0) is 20.9 Å². The van der Waals surface area contributed by atoms with Crippen LogP contribution in [0, 0.1) is 0 Å². The fourth-order valence-electron chi connectivity index (χ4n) is 2.24. The summed E-state index contributed by atoms with van der Waals surface area (Å²) in [7, 11) is 0.